The SMILES string of the molecule is C=C(C)C(=O)OC=CCCCCCCCCCCCCCCCCCCCC. The number of hydrogen-bond acceptors (Lipinski definition) is 2. The van der Waals surface area contributed by atoms with Crippen LogP contribution in [0.25, 0.3) is 0 Å². The second kappa shape index (κ2) is 22.2. The first-order chi connectivity index (χ1) is 13.7. The summed E-state index contributed by atoms with van der Waals surface area (Å²) in [5, 5.41) is 0. The van der Waals surface area contributed by atoms with Gasteiger partial charge in [-0.2, -0.15) is 0 Å². The fourth-order valence-corrected chi connectivity index (χ4v) is 3.44. The zero-order chi connectivity index (χ0) is 20.7. The van der Waals surface area contributed by atoms with Gasteiger partial charge in [0.05, 0.1) is 6.26 Å². The molecule has 0 saturated heterocycles. The molecule has 0 atom stereocenters. The highest BCUT2D eigenvalue weighted by Crippen LogP contribution is 2.14. The Balaban J connectivity index is 3.11. The largest absolute Gasteiger partial charge is 0.431 e. The standard InChI is InChI=1S/C26H48O2/c1-4-5-6-7-8-9-10-11-12-13-14-15-16-17-18-19-20-21-22-23-24-28-26(27)25(2)3/h23-24H,2,4-22H2,1,3H3. The van der Waals surface area contributed by atoms with E-state index in [1.54, 1.807) is 6.92 Å². The molecule has 0 aliphatic rings. The fraction of sp³-hybridized carbons (Fsp3) is 0.808. The lowest BCUT2D eigenvalue weighted by Gasteiger charge is -2.03. The Kier molecular flexibility index (Phi) is 21.4. The van der Waals surface area contributed by atoms with E-state index in [1.807, 2.05) is 6.08 Å². The number of ether oxygens (including phenoxy) is 1. The van der Waals surface area contributed by atoms with E-state index >= 15 is 0 Å². The molecule has 0 spiro atoms. The van der Waals surface area contributed by atoms with E-state index in [0.29, 0.717) is 5.57 Å². The first kappa shape index (κ1) is 27.0. The lowest BCUT2D eigenvalue weighted by atomic mass is 10.0. The minimum Gasteiger partial charge on any atom is -0.431 e. The first-order valence-corrected chi connectivity index (χ1v) is 12.2. The Morgan fingerprint density at radius 3 is 1.39 bits per heavy atom. The molecule has 0 saturated carbocycles. The number of carbonyl (C=O) groups excluding carboxylic acids is 1. The van der Waals surface area contributed by atoms with Gasteiger partial charge in [0.25, 0.3) is 0 Å². The van der Waals surface area contributed by atoms with Gasteiger partial charge >= 0.3 is 5.97 Å². The van der Waals surface area contributed by atoms with Gasteiger partial charge in [0.1, 0.15) is 0 Å². The summed E-state index contributed by atoms with van der Waals surface area (Å²) in [7, 11) is 0. The quantitative estimate of drug-likeness (QED) is 0.0842. The second-order valence-corrected chi connectivity index (χ2v) is 8.36. The summed E-state index contributed by atoms with van der Waals surface area (Å²) in [6.45, 7) is 7.50. The van der Waals surface area contributed by atoms with Gasteiger partial charge in [-0.3, -0.25) is 0 Å². The van der Waals surface area contributed by atoms with Gasteiger partial charge in [-0.25, -0.2) is 4.79 Å². The Bertz CT molecular complexity index is 384. The summed E-state index contributed by atoms with van der Waals surface area (Å²) >= 11 is 0. The van der Waals surface area contributed by atoms with Gasteiger partial charge in [-0.05, 0) is 25.8 Å². The van der Waals surface area contributed by atoms with Gasteiger partial charge in [0, 0.05) is 5.57 Å². The Morgan fingerprint density at radius 2 is 1.04 bits per heavy atom. The molecule has 0 N–H and O–H groups in total. The predicted octanol–water partition coefficient (Wildman–Crippen LogP) is 9.05. The van der Waals surface area contributed by atoms with Gasteiger partial charge in [0.2, 0.25) is 0 Å². The molecule has 164 valence electrons. The summed E-state index contributed by atoms with van der Waals surface area (Å²) in [5.41, 5.74) is 0.442. The van der Waals surface area contributed by atoms with E-state index in [2.05, 4.69) is 13.5 Å². The first-order valence-electron chi connectivity index (χ1n) is 12.2. The van der Waals surface area contributed by atoms with Gasteiger partial charge < -0.3 is 4.74 Å². The maximum absolute atomic E-state index is 11.2. The molecular weight excluding hydrogens is 344 g/mol. The molecule has 0 heterocycles. The molecule has 0 unspecified atom stereocenters. The minimum atomic E-state index is -0.339. The smallest absolute Gasteiger partial charge is 0.337 e. The van der Waals surface area contributed by atoms with Crippen LogP contribution in [0.3, 0.4) is 0 Å². The number of allylic oxidation sites excluding steroid dienone is 1. The lowest BCUT2D eigenvalue weighted by Crippen LogP contribution is -1.98. The molecule has 0 aromatic heterocycles. The van der Waals surface area contributed by atoms with Crippen LogP contribution < -0.4 is 0 Å². The van der Waals surface area contributed by atoms with Crippen molar-refractivity contribution in [1.82, 2.24) is 0 Å². The van der Waals surface area contributed by atoms with Crippen molar-refractivity contribution in [1.29, 1.82) is 0 Å². The maximum Gasteiger partial charge on any atom is 0.337 e. The number of hydrogen-bond donors (Lipinski definition) is 0. The molecular formula is C26H48O2. The molecule has 0 aromatic rings. The third kappa shape index (κ3) is 21.3. The molecule has 0 bridgehead atoms. The monoisotopic (exact) mass is 392 g/mol. The fourth-order valence-electron chi connectivity index (χ4n) is 3.44. The van der Waals surface area contributed by atoms with Gasteiger partial charge in [-0.15, -0.1) is 0 Å². The van der Waals surface area contributed by atoms with Crippen LogP contribution in [0.15, 0.2) is 24.5 Å². The van der Waals surface area contributed by atoms with Crippen LogP contribution >= 0.6 is 0 Å². The zero-order valence-electron chi connectivity index (χ0n) is 19.1. The van der Waals surface area contributed by atoms with Crippen molar-refractivity contribution in [2.45, 2.75) is 136 Å². The van der Waals surface area contributed by atoms with Crippen LogP contribution in [0.1, 0.15) is 136 Å². The van der Waals surface area contributed by atoms with Crippen molar-refractivity contribution >= 4 is 5.97 Å². The molecule has 2 nitrogen and oxygen atoms in total. The van der Waals surface area contributed by atoms with Crippen LogP contribution in [-0.4, -0.2) is 5.97 Å². The summed E-state index contributed by atoms with van der Waals surface area (Å²) in [6.07, 6.45) is 29.6. The Hall–Kier alpha value is -1.05. The van der Waals surface area contributed by atoms with Crippen molar-refractivity contribution in [3.05, 3.63) is 24.5 Å². The van der Waals surface area contributed by atoms with Crippen molar-refractivity contribution in [3.8, 4) is 0 Å². The zero-order valence-corrected chi connectivity index (χ0v) is 19.1. The van der Waals surface area contributed by atoms with Crippen molar-refractivity contribution in [2.75, 3.05) is 0 Å². The third-order valence-corrected chi connectivity index (χ3v) is 5.34. The molecule has 0 radical (unpaired) electrons. The summed E-state index contributed by atoms with van der Waals surface area (Å²) in [6, 6.07) is 0. The van der Waals surface area contributed by atoms with E-state index in [1.165, 1.54) is 122 Å². The van der Waals surface area contributed by atoms with Crippen molar-refractivity contribution < 1.29 is 9.53 Å². The highest BCUT2D eigenvalue weighted by molar-refractivity contribution is 5.87. The van der Waals surface area contributed by atoms with Crippen molar-refractivity contribution in [2.24, 2.45) is 0 Å². The van der Waals surface area contributed by atoms with E-state index < -0.39 is 0 Å². The summed E-state index contributed by atoms with van der Waals surface area (Å²) in [4.78, 5) is 11.2. The van der Waals surface area contributed by atoms with Crippen LogP contribution in [-0.2, 0) is 9.53 Å². The average molecular weight is 393 g/mol. The third-order valence-electron chi connectivity index (χ3n) is 5.34. The molecule has 0 rings (SSSR count). The normalized spacial score (nSPS) is 11.2. The molecule has 0 aromatic carbocycles. The van der Waals surface area contributed by atoms with E-state index in [-0.39, 0.29) is 5.97 Å². The molecule has 0 aliphatic carbocycles. The topological polar surface area (TPSA) is 26.3 Å². The minimum absolute atomic E-state index is 0.339. The van der Waals surface area contributed by atoms with Crippen LogP contribution in [0.2, 0.25) is 0 Å². The van der Waals surface area contributed by atoms with E-state index in [4.69, 9.17) is 4.74 Å². The number of rotatable bonds is 21. The van der Waals surface area contributed by atoms with E-state index in [0.717, 1.165) is 6.42 Å². The highest BCUT2D eigenvalue weighted by Gasteiger charge is 1.98. The molecule has 2 heteroatoms. The summed E-state index contributed by atoms with van der Waals surface area (Å²) in [5.74, 6) is -0.339. The second-order valence-electron chi connectivity index (χ2n) is 8.36. The van der Waals surface area contributed by atoms with Crippen molar-refractivity contribution in [3.63, 3.8) is 0 Å². The number of carbonyl (C=O) groups is 1. The molecule has 28 heavy (non-hydrogen) atoms. The van der Waals surface area contributed by atoms with Gasteiger partial charge in [0.15, 0.2) is 0 Å². The summed E-state index contributed by atoms with van der Waals surface area (Å²) < 4.78 is 4.92. The number of unbranched alkanes of at least 4 members (excludes halogenated alkanes) is 18. The Labute approximate surface area is 176 Å². The van der Waals surface area contributed by atoms with Crippen LogP contribution in [0, 0.1) is 0 Å². The molecule has 0 amide bonds. The Morgan fingerprint density at radius 1 is 0.679 bits per heavy atom. The number of esters is 1. The lowest BCUT2D eigenvalue weighted by molar-refractivity contribution is -0.133. The predicted molar refractivity (Wildman–Crippen MR) is 123 cm³/mol. The van der Waals surface area contributed by atoms with Gasteiger partial charge in [-0.1, -0.05) is 123 Å². The molecule has 0 fully saturated rings. The van der Waals surface area contributed by atoms with Crippen LogP contribution in [0.5, 0.6) is 0 Å². The molecule has 0 aliphatic heterocycles. The van der Waals surface area contributed by atoms with E-state index in [9.17, 15) is 4.79 Å². The van der Waals surface area contributed by atoms with Crippen LogP contribution in [0.4, 0.5) is 0 Å². The maximum atomic E-state index is 11.2. The highest BCUT2D eigenvalue weighted by atomic mass is 16.5. The average Bonchev–Trinajstić information content (AvgIpc) is 2.68.